The lowest BCUT2D eigenvalue weighted by molar-refractivity contribution is 0.631. The summed E-state index contributed by atoms with van der Waals surface area (Å²) >= 11 is 6.96. The summed E-state index contributed by atoms with van der Waals surface area (Å²) in [6, 6.07) is 18.0. The normalized spacial score (nSPS) is 13.1. The Morgan fingerprint density at radius 2 is 1.76 bits per heavy atom. The Balaban J connectivity index is 1.98. The van der Waals surface area contributed by atoms with Gasteiger partial charge in [-0.1, -0.05) is 44.0 Å². The molecule has 2 heterocycles. The molecule has 6 heteroatoms. The number of nitrogens with zero attached hydrogens (tertiary/aromatic N) is 2. The Kier molecular flexibility index (Phi) is 4.45. The minimum absolute atomic E-state index is 0.0398. The van der Waals surface area contributed by atoms with Crippen LogP contribution < -0.4 is 10.7 Å². The standard InChI is InChI=1S/C23H15Br2N3O/c24-14-4-2-13(3-5-14)20-11-18-19(12-26)17-10-15(25)6-7-16(17)22(29)21(18)23-27-8-1-9-28(20)23/h2-7,10-11,27H,1,8-9H2. The summed E-state index contributed by atoms with van der Waals surface area (Å²) in [5, 5.41) is 14.7. The highest BCUT2D eigenvalue weighted by Crippen LogP contribution is 2.40. The fourth-order valence-electron chi connectivity index (χ4n) is 4.14. The number of nitrogens with one attached hydrogen (secondary N) is 1. The van der Waals surface area contributed by atoms with Gasteiger partial charge in [-0.15, -0.1) is 0 Å². The highest BCUT2D eigenvalue weighted by molar-refractivity contribution is 9.10. The maximum absolute atomic E-state index is 13.4. The first-order chi connectivity index (χ1) is 14.1. The highest BCUT2D eigenvalue weighted by Gasteiger charge is 2.26. The van der Waals surface area contributed by atoms with Gasteiger partial charge >= 0.3 is 0 Å². The van der Waals surface area contributed by atoms with Gasteiger partial charge in [0.1, 0.15) is 11.9 Å². The van der Waals surface area contributed by atoms with Crippen molar-refractivity contribution in [3.05, 3.63) is 73.3 Å². The molecule has 5 rings (SSSR count). The number of fused-ring (bicyclic) bond motifs is 4. The first kappa shape index (κ1) is 18.4. The van der Waals surface area contributed by atoms with Crippen molar-refractivity contribution < 1.29 is 0 Å². The van der Waals surface area contributed by atoms with E-state index in [0.717, 1.165) is 45.5 Å². The first-order valence-corrected chi connectivity index (χ1v) is 10.9. The fourth-order valence-corrected chi connectivity index (χ4v) is 4.76. The average Bonchev–Trinajstić information content (AvgIpc) is 2.74. The van der Waals surface area contributed by atoms with Crippen molar-refractivity contribution >= 4 is 48.5 Å². The van der Waals surface area contributed by atoms with Crippen LogP contribution in [0.5, 0.6) is 0 Å². The van der Waals surface area contributed by atoms with Gasteiger partial charge in [-0.3, -0.25) is 4.79 Å². The zero-order valence-electron chi connectivity index (χ0n) is 15.3. The third-order valence-electron chi connectivity index (χ3n) is 5.44. The number of aromatic nitrogens is 1. The zero-order valence-corrected chi connectivity index (χ0v) is 18.5. The molecule has 142 valence electrons. The van der Waals surface area contributed by atoms with Crippen LogP contribution in [0.25, 0.3) is 33.2 Å². The SMILES string of the molecule is N#Cc1c2cc(-c3ccc(Br)cc3)n3c(c-2c(=O)c2ccc(Br)cc12)NCCC3. The van der Waals surface area contributed by atoms with Crippen molar-refractivity contribution in [3.63, 3.8) is 0 Å². The van der Waals surface area contributed by atoms with E-state index >= 15 is 0 Å². The summed E-state index contributed by atoms with van der Waals surface area (Å²) in [5.41, 5.74) is 3.83. The Bertz CT molecular complexity index is 1350. The van der Waals surface area contributed by atoms with Crippen LogP contribution in [0.4, 0.5) is 5.82 Å². The molecule has 0 aromatic heterocycles. The molecular formula is C23H15Br2N3O. The number of halogens is 2. The predicted octanol–water partition coefficient (Wildman–Crippen LogP) is 5.99. The first-order valence-electron chi connectivity index (χ1n) is 9.31. The Morgan fingerprint density at radius 1 is 1.00 bits per heavy atom. The molecule has 3 aliphatic rings. The molecule has 0 unspecified atom stereocenters. The second-order valence-corrected chi connectivity index (χ2v) is 8.94. The molecule has 0 spiro atoms. The maximum Gasteiger partial charge on any atom is 0.197 e. The lowest BCUT2D eigenvalue weighted by atomic mass is 9.90. The minimum atomic E-state index is -0.0398. The Hall–Kier alpha value is -2.62. The van der Waals surface area contributed by atoms with E-state index in [-0.39, 0.29) is 5.43 Å². The number of pyridine rings is 1. The van der Waals surface area contributed by atoms with Crippen LogP contribution in [0.1, 0.15) is 12.0 Å². The molecule has 0 fully saturated rings. The van der Waals surface area contributed by atoms with Crippen LogP contribution in [0.15, 0.2) is 62.3 Å². The molecule has 0 amide bonds. The molecule has 1 N–H and O–H groups in total. The monoisotopic (exact) mass is 507 g/mol. The second-order valence-electron chi connectivity index (χ2n) is 7.11. The summed E-state index contributed by atoms with van der Waals surface area (Å²) in [7, 11) is 0. The Morgan fingerprint density at radius 3 is 2.52 bits per heavy atom. The third-order valence-corrected chi connectivity index (χ3v) is 6.46. The van der Waals surface area contributed by atoms with Gasteiger partial charge in [0, 0.05) is 38.4 Å². The molecule has 29 heavy (non-hydrogen) atoms. The van der Waals surface area contributed by atoms with Gasteiger partial charge in [0.25, 0.3) is 0 Å². The summed E-state index contributed by atoms with van der Waals surface area (Å²) < 4.78 is 4.02. The van der Waals surface area contributed by atoms with E-state index in [1.54, 1.807) is 6.07 Å². The van der Waals surface area contributed by atoms with Crippen LogP contribution >= 0.6 is 31.9 Å². The van der Waals surface area contributed by atoms with Crippen LogP contribution in [0.3, 0.4) is 0 Å². The predicted molar refractivity (Wildman–Crippen MR) is 123 cm³/mol. The number of benzene rings is 3. The fraction of sp³-hybridized carbons (Fsp3) is 0.130. The van der Waals surface area contributed by atoms with Gasteiger partial charge in [0.2, 0.25) is 0 Å². The highest BCUT2D eigenvalue weighted by atomic mass is 79.9. The second kappa shape index (κ2) is 7.01. The van der Waals surface area contributed by atoms with Crippen molar-refractivity contribution in [2.45, 2.75) is 13.0 Å². The molecule has 2 aromatic carbocycles. The third kappa shape index (κ3) is 2.88. The molecular weight excluding hydrogens is 494 g/mol. The number of hydrogen-bond acceptors (Lipinski definition) is 3. The van der Waals surface area contributed by atoms with E-state index in [1.165, 1.54) is 0 Å². The van der Waals surface area contributed by atoms with Crippen molar-refractivity contribution in [3.8, 4) is 28.5 Å². The Labute approximate surface area is 184 Å². The summed E-state index contributed by atoms with van der Waals surface area (Å²) in [5.74, 6) is 0.804. The van der Waals surface area contributed by atoms with Crippen molar-refractivity contribution in [1.29, 1.82) is 5.26 Å². The van der Waals surface area contributed by atoms with Crippen LogP contribution in [-0.4, -0.2) is 11.1 Å². The molecule has 2 aromatic rings. The van der Waals surface area contributed by atoms with E-state index in [1.807, 2.05) is 30.3 Å². The molecule has 1 aliphatic carbocycles. The number of hydrogen-bond donors (Lipinski definition) is 1. The van der Waals surface area contributed by atoms with Gasteiger partial charge < -0.3 is 9.88 Å². The maximum atomic E-state index is 13.4. The molecule has 0 radical (unpaired) electrons. The van der Waals surface area contributed by atoms with E-state index in [2.05, 4.69) is 59.9 Å². The topological polar surface area (TPSA) is 57.8 Å². The average molecular weight is 509 g/mol. The molecule has 2 aliphatic heterocycles. The van der Waals surface area contributed by atoms with E-state index in [9.17, 15) is 10.1 Å². The molecule has 0 atom stereocenters. The smallest absolute Gasteiger partial charge is 0.197 e. The van der Waals surface area contributed by atoms with Crippen LogP contribution in [0.2, 0.25) is 0 Å². The number of nitriles is 1. The van der Waals surface area contributed by atoms with E-state index in [0.29, 0.717) is 27.5 Å². The molecule has 0 saturated carbocycles. The summed E-state index contributed by atoms with van der Waals surface area (Å²) in [4.78, 5) is 13.4. The van der Waals surface area contributed by atoms with Gasteiger partial charge in [-0.25, -0.2) is 0 Å². The van der Waals surface area contributed by atoms with E-state index in [4.69, 9.17) is 0 Å². The quantitative estimate of drug-likeness (QED) is 0.321. The summed E-state index contributed by atoms with van der Waals surface area (Å²) in [6.45, 7) is 1.63. The number of rotatable bonds is 1. The molecule has 4 nitrogen and oxygen atoms in total. The van der Waals surface area contributed by atoms with Crippen LogP contribution in [-0.2, 0) is 6.54 Å². The lowest BCUT2D eigenvalue weighted by Gasteiger charge is -2.29. The lowest BCUT2D eigenvalue weighted by Crippen LogP contribution is -2.24. The van der Waals surface area contributed by atoms with Crippen molar-refractivity contribution in [2.24, 2.45) is 0 Å². The molecule has 0 saturated heterocycles. The summed E-state index contributed by atoms with van der Waals surface area (Å²) in [6.07, 6.45) is 0.979. The minimum Gasteiger partial charge on any atom is -0.371 e. The van der Waals surface area contributed by atoms with Gasteiger partial charge in [0.05, 0.1) is 16.8 Å². The van der Waals surface area contributed by atoms with Crippen molar-refractivity contribution in [1.82, 2.24) is 4.57 Å². The van der Waals surface area contributed by atoms with Crippen LogP contribution in [0, 0.1) is 11.3 Å². The van der Waals surface area contributed by atoms with Gasteiger partial charge in [0.15, 0.2) is 5.43 Å². The van der Waals surface area contributed by atoms with Gasteiger partial charge in [-0.05, 0) is 48.4 Å². The van der Waals surface area contributed by atoms with Gasteiger partial charge in [-0.2, -0.15) is 5.26 Å². The largest absolute Gasteiger partial charge is 0.371 e. The van der Waals surface area contributed by atoms with Crippen molar-refractivity contribution in [2.75, 3.05) is 11.9 Å². The number of anilines is 1. The van der Waals surface area contributed by atoms with E-state index < -0.39 is 0 Å². The molecule has 0 bridgehead atoms. The zero-order chi connectivity index (χ0) is 20.1.